The second kappa shape index (κ2) is 3.37. The number of aromatic nitrogens is 1. The van der Waals surface area contributed by atoms with Gasteiger partial charge in [-0.05, 0) is 31.4 Å². The molecule has 0 radical (unpaired) electrons. The second-order valence-corrected chi connectivity index (χ2v) is 5.15. The van der Waals surface area contributed by atoms with Crippen molar-refractivity contribution in [2.75, 3.05) is 6.54 Å². The van der Waals surface area contributed by atoms with Gasteiger partial charge in [-0.2, -0.15) is 0 Å². The maximum atomic E-state index is 12.2. The minimum Gasteiger partial charge on any atom is -0.348 e. The Balaban J connectivity index is 1.81. The Hall–Kier alpha value is -1.25. The minimum atomic E-state index is 0.240. The molecule has 0 N–H and O–H groups in total. The summed E-state index contributed by atoms with van der Waals surface area (Å²) in [7, 11) is 0. The van der Waals surface area contributed by atoms with Crippen LogP contribution in [0.5, 0.6) is 0 Å². The van der Waals surface area contributed by atoms with E-state index >= 15 is 0 Å². The molecule has 1 amide bonds. The average Bonchev–Trinajstić information content (AvgIpc) is 2.80. The molecule has 3 rings (SSSR count). The smallest absolute Gasteiger partial charge is 0.226 e. The number of fused-ring (bicyclic) bond motifs is 1. The fourth-order valence-corrected chi connectivity index (χ4v) is 2.76. The van der Waals surface area contributed by atoms with Crippen molar-refractivity contribution >= 4 is 5.91 Å². The number of rotatable bonds is 1. The van der Waals surface area contributed by atoms with Crippen LogP contribution in [0.2, 0.25) is 0 Å². The van der Waals surface area contributed by atoms with Crippen LogP contribution in [-0.2, 0) is 11.3 Å². The molecular weight excluding hydrogens is 200 g/mol. The first-order valence-electron chi connectivity index (χ1n) is 6.14. The van der Waals surface area contributed by atoms with Crippen LogP contribution in [0.1, 0.15) is 32.0 Å². The fraction of sp³-hybridized carbons (Fsp3) is 0.615. The Bertz CT molecular complexity index is 423. The van der Waals surface area contributed by atoms with E-state index in [0.29, 0.717) is 17.7 Å². The molecule has 3 nitrogen and oxygen atoms in total. The van der Waals surface area contributed by atoms with Crippen molar-refractivity contribution in [3.05, 3.63) is 24.0 Å². The van der Waals surface area contributed by atoms with Crippen molar-refractivity contribution in [3.8, 4) is 0 Å². The summed E-state index contributed by atoms with van der Waals surface area (Å²) in [5, 5.41) is 0. The first-order valence-corrected chi connectivity index (χ1v) is 6.14. The maximum absolute atomic E-state index is 12.2. The van der Waals surface area contributed by atoms with E-state index in [4.69, 9.17) is 0 Å². The quantitative estimate of drug-likeness (QED) is 0.708. The highest BCUT2D eigenvalue weighted by atomic mass is 16.2. The van der Waals surface area contributed by atoms with E-state index in [1.165, 1.54) is 5.69 Å². The number of nitrogens with zero attached hydrogens (tertiary/aromatic N) is 2. The highest BCUT2D eigenvalue weighted by Gasteiger charge is 2.43. The molecule has 3 atom stereocenters. The van der Waals surface area contributed by atoms with Crippen LogP contribution in [-0.4, -0.2) is 21.9 Å². The summed E-state index contributed by atoms with van der Waals surface area (Å²) in [5.41, 5.74) is 1.27. The van der Waals surface area contributed by atoms with E-state index < -0.39 is 0 Å². The molecule has 1 aromatic heterocycles. The van der Waals surface area contributed by atoms with Crippen LogP contribution in [0.3, 0.4) is 0 Å². The Morgan fingerprint density at radius 2 is 2.12 bits per heavy atom. The molecule has 0 bridgehead atoms. The first kappa shape index (κ1) is 9.94. The average molecular weight is 218 g/mol. The standard InChI is InChI=1S/C13H18N2O/c1-9-8-11(9)13(16)15-7-6-14-5-3-4-12(14)10(15)2/h3-5,9-11H,6-8H2,1-2H3. The van der Waals surface area contributed by atoms with Gasteiger partial charge in [-0.3, -0.25) is 4.79 Å². The molecule has 0 saturated heterocycles. The number of carbonyl (C=O) groups excluding carboxylic acids is 1. The molecule has 86 valence electrons. The highest BCUT2D eigenvalue weighted by molar-refractivity contribution is 5.82. The lowest BCUT2D eigenvalue weighted by atomic mass is 10.1. The normalized spacial score (nSPS) is 32.4. The van der Waals surface area contributed by atoms with E-state index in [1.807, 2.05) is 0 Å². The monoisotopic (exact) mass is 218 g/mol. The summed E-state index contributed by atoms with van der Waals surface area (Å²) >= 11 is 0. The summed E-state index contributed by atoms with van der Waals surface area (Å²) in [6.45, 7) is 6.11. The third kappa shape index (κ3) is 1.38. The van der Waals surface area contributed by atoms with Gasteiger partial charge in [0.15, 0.2) is 0 Å². The van der Waals surface area contributed by atoms with Gasteiger partial charge in [0.05, 0.1) is 6.04 Å². The van der Waals surface area contributed by atoms with Crippen LogP contribution in [0.25, 0.3) is 0 Å². The highest BCUT2D eigenvalue weighted by Crippen LogP contribution is 2.41. The van der Waals surface area contributed by atoms with Crippen molar-refractivity contribution < 1.29 is 4.79 Å². The van der Waals surface area contributed by atoms with Crippen molar-refractivity contribution in [2.24, 2.45) is 11.8 Å². The van der Waals surface area contributed by atoms with Gasteiger partial charge in [-0.1, -0.05) is 6.92 Å². The van der Waals surface area contributed by atoms with Gasteiger partial charge in [0.1, 0.15) is 0 Å². The van der Waals surface area contributed by atoms with Gasteiger partial charge < -0.3 is 9.47 Å². The topological polar surface area (TPSA) is 25.2 Å². The molecule has 3 heteroatoms. The molecule has 1 aromatic rings. The predicted octanol–water partition coefficient (Wildman–Crippen LogP) is 2.05. The Morgan fingerprint density at radius 3 is 2.81 bits per heavy atom. The van der Waals surface area contributed by atoms with Crippen molar-refractivity contribution in [1.82, 2.24) is 9.47 Å². The van der Waals surface area contributed by atoms with Crippen molar-refractivity contribution in [2.45, 2.75) is 32.9 Å². The molecule has 2 heterocycles. The van der Waals surface area contributed by atoms with Crippen LogP contribution >= 0.6 is 0 Å². The van der Waals surface area contributed by atoms with Crippen LogP contribution in [0.15, 0.2) is 18.3 Å². The molecule has 0 spiro atoms. The van der Waals surface area contributed by atoms with E-state index in [-0.39, 0.29) is 6.04 Å². The zero-order valence-electron chi connectivity index (χ0n) is 9.89. The lowest BCUT2D eigenvalue weighted by molar-refractivity contribution is -0.136. The van der Waals surface area contributed by atoms with Crippen LogP contribution < -0.4 is 0 Å². The number of carbonyl (C=O) groups is 1. The zero-order chi connectivity index (χ0) is 11.3. The van der Waals surface area contributed by atoms with Crippen molar-refractivity contribution in [3.63, 3.8) is 0 Å². The van der Waals surface area contributed by atoms with Gasteiger partial charge >= 0.3 is 0 Å². The molecular formula is C13H18N2O. The van der Waals surface area contributed by atoms with E-state index in [2.05, 4.69) is 41.6 Å². The van der Waals surface area contributed by atoms with Gasteiger partial charge in [-0.25, -0.2) is 0 Å². The van der Waals surface area contributed by atoms with E-state index in [1.54, 1.807) is 0 Å². The summed E-state index contributed by atoms with van der Waals surface area (Å²) in [6.07, 6.45) is 3.19. The third-order valence-electron chi connectivity index (χ3n) is 4.05. The molecule has 2 aliphatic rings. The largest absolute Gasteiger partial charge is 0.348 e. The fourth-order valence-electron chi connectivity index (χ4n) is 2.76. The van der Waals surface area contributed by atoms with Gasteiger partial charge in [0.2, 0.25) is 5.91 Å². The first-order chi connectivity index (χ1) is 7.68. The van der Waals surface area contributed by atoms with Crippen LogP contribution in [0, 0.1) is 11.8 Å². The van der Waals surface area contributed by atoms with Gasteiger partial charge in [0.25, 0.3) is 0 Å². The van der Waals surface area contributed by atoms with Crippen molar-refractivity contribution in [1.29, 1.82) is 0 Å². The number of hydrogen-bond acceptors (Lipinski definition) is 1. The molecule has 0 aromatic carbocycles. The van der Waals surface area contributed by atoms with E-state index in [9.17, 15) is 4.79 Å². The summed E-state index contributed by atoms with van der Waals surface area (Å²) < 4.78 is 2.25. The van der Waals surface area contributed by atoms with Crippen LogP contribution in [0.4, 0.5) is 0 Å². The van der Waals surface area contributed by atoms with E-state index in [0.717, 1.165) is 19.5 Å². The lowest BCUT2D eigenvalue weighted by Gasteiger charge is -2.35. The van der Waals surface area contributed by atoms with Gasteiger partial charge in [-0.15, -0.1) is 0 Å². The molecule has 1 aliphatic heterocycles. The van der Waals surface area contributed by atoms with Gasteiger partial charge in [0, 0.05) is 30.9 Å². The third-order valence-corrected chi connectivity index (χ3v) is 4.05. The predicted molar refractivity (Wildman–Crippen MR) is 61.8 cm³/mol. The Labute approximate surface area is 96.0 Å². The number of amides is 1. The Kier molecular flexibility index (Phi) is 2.09. The summed E-state index contributed by atoms with van der Waals surface area (Å²) in [5.74, 6) is 1.28. The second-order valence-electron chi connectivity index (χ2n) is 5.15. The molecule has 1 saturated carbocycles. The Morgan fingerprint density at radius 1 is 1.38 bits per heavy atom. The molecule has 1 fully saturated rings. The SMILES string of the molecule is CC1CC1C(=O)N1CCn2cccc2C1C. The molecule has 1 aliphatic carbocycles. The summed E-state index contributed by atoms with van der Waals surface area (Å²) in [6, 6.07) is 4.43. The zero-order valence-corrected chi connectivity index (χ0v) is 9.89. The molecule has 3 unspecified atom stereocenters. The summed E-state index contributed by atoms with van der Waals surface area (Å²) in [4.78, 5) is 14.3. The molecule has 16 heavy (non-hydrogen) atoms. The maximum Gasteiger partial charge on any atom is 0.226 e. The number of hydrogen-bond donors (Lipinski definition) is 0. The lowest BCUT2D eigenvalue weighted by Crippen LogP contribution is -2.41. The minimum absolute atomic E-state index is 0.240.